The van der Waals surface area contributed by atoms with E-state index in [2.05, 4.69) is 4.90 Å². The molecule has 2 amide bonds. The van der Waals surface area contributed by atoms with E-state index < -0.39 is 22.6 Å². The zero-order valence-corrected chi connectivity index (χ0v) is 28.2. The maximum absolute atomic E-state index is 14.7. The minimum Gasteiger partial charge on any atom is -0.465 e. The lowest BCUT2D eigenvalue weighted by molar-refractivity contribution is -0.154. The fraction of sp³-hybridized carbons (Fsp3) is 0.514. The van der Waals surface area contributed by atoms with Crippen molar-refractivity contribution in [2.75, 3.05) is 31.1 Å². The quantitative estimate of drug-likeness (QED) is 0.315. The van der Waals surface area contributed by atoms with Crippen LogP contribution in [0.3, 0.4) is 0 Å². The average molecular weight is 642 g/mol. The van der Waals surface area contributed by atoms with Crippen molar-refractivity contribution >= 4 is 23.8 Å². The van der Waals surface area contributed by atoms with Crippen molar-refractivity contribution in [1.29, 1.82) is 0 Å². The fourth-order valence-corrected chi connectivity index (χ4v) is 7.89. The lowest BCUT2D eigenvalue weighted by Crippen LogP contribution is -2.53. The first-order valence-electron chi connectivity index (χ1n) is 16.8. The Hall–Kier alpha value is -4.18. The minimum atomic E-state index is -1.16. The smallest absolute Gasteiger partial charge is 0.413 e. The molecule has 0 radical (unpaired) electrons. The van der Waals surface area contributed by atoms with Crippen LogP contribution in [0, 0.1) is 5.41 Å². The second-order valence-electron chi connectivity index (χ2n) is 15.0. The van der Waals surface area contributed by atoms with Crippen LogP contribution < -0.4 is 4.90 Å². The standard InChI is InChI=1S/C37H47N5O5/c1-35(2,3)42(34(45)46)31-29(41(23-26-13-8-6-9-14-26)30(38-31)27-15-10-7-11-16-27)32(43)39-21-17-28(18-22-39)40-20-12-19-37(25-40)24-36(4,5)47-33(37)44/h6-11,13-16,28H,12,17-25H2,1-5H3,(H,45,46). The Morgan fingerprint density at radius 2 is 1.64 bits per heavy atom. The number of likely N-dealkylation sites (tertiary alicyclic amines) is 2. The van der Waals surface area contributed by atoms with E-state index in [4.69, 9.17) is 9.72 Å². The molecule has 10 nitrogen and oxygen atoms in total. The molecule has 250 valence electrons. The Balaban J connectivity index is 1.33. The van der Waals surface area contributed by atoms with E-state index >= 15 is 0 Å². The monoisotopic (exact) mass is 641 g/mol. The Bertz CT molecular complexity index is 1620. The van der Waals surface area contributed by atoms with Crippen LogP contribution in [-0.4, -0.2) is 85.8 Å². The molecular weight excluding hydrogens is 594 g/mol. The van der Waals surface area contributed by atoms with Crippen LogP contribution in [0.4, 0.5) is 10.6 Å². The van der Waals surface area contributed by atoms with Gasteiger partial charge in [-0.05, 0) is 72.4 Å². The third kappa shape index (κ3) is 6.52. The molecule has 3 saturated heterocycles. The van der Waals surface area contributed by atoms with Gasteiger partial charge in [0.2, 0.25) is 0 Å². The number of hydrogen-bond donors (Lipinski definition) is 1. The van der Waals surface area contributed by atoms with Crippen LogP contribution in [0.2, 0.25) is 0 Å². The van der Waals surface area contributed by atoms with Gasteiger partial charge in [0, 0.05) is 49.7 Å². The van der Waals surface area contributed by atoms with E-state index in [1.54, 1.807) is 0 Å². The number of piperidine rings is 2. The predicted octanol–water partition coefficient (Wildman–Crippen LogP) is 6.29. The van der Waals surface area contributed by atoms with Crippen molar-refractivity contribution in [3.63, 3.8) is 0 Å². The molecular formula is C37H47N5O5. The van der Waals surface area contributed by atoms with Gasteiger partial charge in [-0.2, -0.15) is 0 Å². The highest BCUT2D eigenvalue weighted by Gasteiger charge is 2.55. The Kier molecular flexibility index (Phi) is 8.67. The van der Waals surface area contributed by atoms with Crippen LogP contribution in [0.1, 0.15) is 82.8 Å². The topological polar surface area (TPSA) is 108 Å². The number of aromatic nitrogens is 2. The van der Waals surface area contributed by atoms with Gasteiger partial charge in [0.05, 0.1) is 5.41 Å². The van der Waals surface area contributed by atoms with Crippen LogP contribution in [0.5, 0.6) is 0 Å². The number of hydrogen-bond acceptors (Lipinski definition) is 6. The number of carbonyl (C=O) groups is 3. The summed E-state index contributed by atoms with van der Waals surface area (Å²) < 4.78 is 7.65. The van der Waals surface area contributed by atoms with Gasteiger partial charge in [-0.25, -0.2) is 9.78 Å². The number of amides is 2. The summed E-state index contributed by atoms with van der Waals surface area (Å²) in [4.78, 5) is 51.0. The van der Waals surface area contributed by atoms with Gasteiger partial charge in [-0.15, -0.1) is 0 Å². The molecule has 3 aromatic rings. The molecule has 1 aromatic heterocycles. The summed E-state index contributed by atoms with van der Waals surface area (Å²) in [6, 6.07) is 19.7. The molecule has 1 unspecified atom stereocenters. The molecule has 2 aromatic carbocycles. The van der Waals surface area contributed by atoms with Crippen molar-refractivity contribution < 1.29 is 24.2 Å². The van der Waals surface area contributed by atoms with Crippen molar-refractivity contribution in [2.45, 2.75) is 90.4 Å². The SMILES string of the molecule is CC1(C)CC2(CCCN(C3CCN(C(=O)c4c(N(C(=O)O)C(C)(C)C)nc(-c5ccccc5)n4Cc4ccccc4)CC3)C2)C(=O)O1. The molecule has 4 heterocycles. The summed E-state index contributed by atoms with van der Waals surface area (Å²) in [5.41, 5.74) is 0.311. The van der Waals surface area contributed by atoms with E-state index in [0.717, 1.165) is 49.8 Å². The highest BCUT2D eigenvalue weighted by atomic mass is 16.6. The van der Waals surface area contributed by atoms with Gasteiger partial charge in [0.15, 0.2) is 11.5 Å². The van der Waals surface area contributed by atoms with E-state index in [1.165, 1.54) is 4.90 Å². The summed E-state index contributed by atoms with van der Waals surface area (Å²) in [6.07, 6.45) is 2.92. The number of carboxylic acid groups (broad SMARTS) is 1. The van der Waals surface area contributed by atoms with Crippen LogP contribution >= 0.6 is 0 Å². The number of nitrogens with zero attached hydrogens (tertiary/aromatic N) is 5. The van der Waals surface area contributed by atoms with Crippen LogP contribution in [0.15, 0.2) is 60.7 Å². The van der Waals surface area contributed by atoms with E-state index in [1.807, 2.05) is 105 Å². The van der Waals surface area contributed by atoms with Crippen molar-refractivity contribution in [1.82, 2.24) is 19.4 Å². The minimum absolute atomic E-state index is 0.0740. The van der Waals surface area contributed by atoms with Gasteiger partial charge in [-0.1, -0.05) is 60.7 Å². The molecule has 1 spiro atoms. The Morgan fingerprint density at radius 1 is 1.00 bits per heavy atom. The highest BCUT2D eigenvalue weighted by Crippen LogP contribution is 2.47. The fourth-order valence-electron chi connectivity index (χ4n) is 7.89. The third-order valence-corrected chi connectivity index (χ3v) is 9.88. The third-order valence-electron chi connectivity index (χ3n) is 9.88. The number of ether oxygens (including phenoxy) is 1. The molecule has 0 bridgehead atoms. The molecule has 3 aliphatic heterocycles. The maximum Gasteiger partial charge on any atom is 0.413 e. The lowest BCUT2D eigenvalue weighted by atomic mass is 9.74. The number of imidazole rings is 1. The predicted molar refractivity (Wildman–Crippen MR) is 180 cm³/mol. The first kappa shape index (κ1) is 32.7. The number of anilines is 1. The summed E-state index contributed by atoms with van der Waals surface area (Å²) in [5, 5.41) is 10.5. The lowest BCUT2D eigenvalue weighted by Gasteiger charge is -2.45. The summed E-state index contributed by atoms with van der Waals surface area (Å²) in [5.74, 6) is 0.390. The van der Waals surface area contributed by atoms with Crippen molar-refractivity contribution in [3.05, 3.63) is 71.9 Å². The molecule has 47 heavy (non-hydrogen) atoms. The first-order chi connectivity index (χ1) is 22.3. The summed E-state index contributed by atoms with van der Waals surface area (Å²) in [6.45, 7) is 12.5. The van der Waals surface area contributed by atoms with Gasteiger partial charge in [0.25, 0.3) is 5.91 Å². The highest BCUT2D eigenvalue weighted by molar-refractivity contribution is 6.02. The molecule has 1 N–H and O–H groups in total. The second-order valence-corrected chi connectivity index (χ2v) is 15.0. The normalized spacial score (nSPS) is 22.0. The van der Waals surface area contributed by atoms with Crippen molar-refractivity contribution in [2.24, 2.45) is 5.41 Å². The van der Waals surface area contributed by atoms with E-state index in [-0.39, 0.29) is 29.4 Å². The molecule has 1 atom stereocenters. The number of carbonyl (C=O) groups excluding carboxylic acids is 2. The number of rotatable bonds is 6. The Labute approximate surface area is 277 Å². The molecule has 3 fully saturated rings. The largest absolute Gasteiger partial charge is 0.465 e. The molecule has 0 saturated carbocycles. The van der Waals surface area contributed by atoms with Gasteiger partial charge in [-0.3, -0.25) is 19.4 Å². The zero-order chi connectivity index (χ0) is 33.6. The number of cyclic esters (lactones) is 1. The molecule has 3 aliphatic rings. The summed E-state index contributed by atoms with van der Waals surface area (Å²) in [7, 11) is 0. The first-order valence-corrected chi connectivity index (χ1v) is 16.8. The van der Waals surface area contributed by atoms with Crippen LogP contribution in [-0.2, 0) is 16.1 Å². The molecule has 10 heteroatoms. The number of benzene rings is 2. The van der Waals surface area contributed by atoms with Crippen LogP contribution in [0.25, 0.3) is 11.4 Å². The average Bonchev–Trinajstić information content (AvgIpc) is 3.48. The maximum atomic E-state index is 14.7. The summed E-state index contributed by atoms with van der Waals surface area (Å²) >= 11 is 0. The number of esters is 1. The van der Waals surface area contributed by atoms with Gasteiger partial charge < -0.3 is 19.3 Å². The van der Waals surface area contributed by atoms with Gasteiger partial charge >= 0.3 is 12.1 Å². The van der Waals surface area contributed by atoms with E-state index in [0.29, 0.717) is 32.0 Å². The second kappa shape index (κ2) is 12.4. The Morgan fingerprint density at radius 3 is 2.21 bits per heavy atom. The van der Waals surface area contributed by atoms with Gasteiger partial charge in [0.1, 0.15) is 11.4 Å². The molecule has 0 aliphatic carbocycles. The molecule has 6 rings (SSSR count). The van der Waals surface area contributed by atoms with E-state index in [9.17, 15) is 19.5 Å². The zero-order valence-electron chi connectivity index (χ0n) is 28.2. The van der Waals surface area contributed by atoms with Crippen molar-refractivity contribution in [3.8, 4) is 11.4 Å².